The van der Waals surface area contributed by atoms with Gasteiger partial charge in [-0.1, -0.05) is 0 Å². The molecule has 0 saturated heterocycles. The van der Waals surface area contributed by atoms with Crippen LogP contribution in [0.25, 0.3) is 0 Å². The zero-order valence-corrected chi connectivity index (χ0v) is 12.0. The summed E-state index contributed by atoms with van der Waals surface area (Å²) in [5, 5.41) is 15.9. The lowest BCUT2D eigenvalue weighted by Gasteiger charge is -2.15. The molecule has 0 saturated carbocycles. The summed E-state index contributed by atoms with van der Waals surface area (Å²) in [4.78, 5) is 26.0. The number of nitrogens with zero attached hydrogens (tertiary/aromatic N) is 1. The first-order chi connectivity index (χ1) is 9.56. The second-order valence-corrected chi connectivity index (χ2v) is 4.75. The molecular formula is C11H17N3O5S. The van der Waals surface area contributed by atoms with Crippen LogP contribution in [0.3, 0.4) is 0 Å². The van der Waals surface area contributed by atoms with Gasteiger partial charge in [-0.2, -0.15) is 0 Å². The standard InChI is InChI=1S/C11H17N3O5S/c1-18-5-7(19-2)3-12-11(17)13-4-9-14-8(6-20-9)10(15)16/h6-7H,3-5H2,1-2H3,(H,15,16)(H2,12,13,17). The molecule has 20 heavy (non-hydrogen) atoms. The third kappa shape index (κ3) is 5.51. The van der Waals surface area contributed by atoms with Crippen LogP contribution in [0.5, 0.6) is 0 Å². The Morgan fingerprint density at radius 1 is 1.45 bits per heavy atom. The van der Waals surface area contributed by atoms with Crippen molar-refractivity contribution in [2.75, 3.05) is 27.4 Å². The van der Waals surface area contributed by atoms with E-state index in [4.69, 9.17) is 14.6 Å². The van der Waals surface area contributed by atoms with Gasteiger partial charge in [-0.3, -0.25) is 0 Å². The van der Waals surface area contributed by atoms with E-state index in [1.807, 2.05) is 0 Å². The molecule has 1 atom stereocenters. The number of urea groups is 1. The fourth-order valence-electron chi connectivity index (χ4n) is 1.31. The molecule has 1 rings (SSSR count). The first-order valence-electron chi connectivity index (χ1n) is 5.78. The van der Waals surface area contributed by atoms with Gasteiger partial charge >= 0.3 is 12.0 Å². The van der Waals surface area contributed by atoms with Crippen molar-refractivity contribution in [3.63, 3.8) is 0 Å². The van der Waals surface area contributed by atoms with Crippen molar-refractivity contribution in [1.29, 1.82) is 0 Å². The monoisotopic (exact) mass is 303 g/mol. The molecule has 0 fully saturated rings. The highest BCUT2D eigenvalue weighted by molar-refractivity contribution is 7.09. The maximum atomic E-state index is 11.5. The van der Waals surface area contributed by atoms with Crippen LogP contribution < -0.4 is 10.6 Å². The average molecular weight is 303 g/mol. The first-order valence-corrected chi connectivity index (χ1v) is 6.66. The quantitative estimate of drug-likeness (QED) is 0.637. The number of carboxylic acids is 1. The van der Waals surface area contributed by atoms with Crippen molar-refractivity contribution in [2.45, 2.75) is 12.6 Å². The Labute approximate surface area is 120 Å². The number of carbonyl (C=O) groups excluding carboxylic acids is 1. The van der Waals surface area contributed by atoms with Gasteiger partial charge in [-0.25, -0.2) is 14.6 Å². The van der Waals surface area contributed by atoms with Crippen LogP contribution in [0.2, 0.25) is 0 Å². The number of ether oxygens (including phenoxy) is 2. The average Bonchev–Trinajstić information content (AvgIpc) is 2.90. The fraction of sp³-hybridized carbons (Fsp3) is 0.545. The lowest BCUT2D eigenvalue weighted by Crippen LogP contribution is -2.41. The van der Waals surface area contributed by atoms with Crippen LogP contribution in [0.15, 0.2) is 5.38 Å². The second kappa shape index (κ2) is 8.46. The van der Waals surface area contributed by atoms with Gasteiger partial charge in [0.2, 0.25) is 0 Å². The lowest BCUT2D eigenvalue weighted by molar-refractivity contribution is 0.0304. The maximum absolute atomic E-state index is 11.5. The van der Waals surface area contributed by atoms with Gasteiger partial charge in [0.15, 0.2) is 5.69 Å². The number of thiazole rings is 1. The van der Waals surface area contributed by atoms with Crippen LogP contribution in [0.4, 0.5) is 4.79 Å². The Hall–Kier alpha value is -1.71. The van der Waals surface area contributed by atoms with E-state index in [1.165, 1.54) is 23.8 Å². The highest BCUT2D eigenvalue weighted by atomic mass is 32.1. The number of hydrogen-bond acceptors (Lipinski definition) is 6. The number of carbonyl (C=O) groups is 2. The molecule has 0 aliphatic carbocycles. The number of nitrogens with one attached hydrogen (secondary N) is 2. The molecule has 0 aromatic carbocycles. The molecule has 1 unspecified atom stereocenters. The van der Waals surface area contributed by atoms with Crippen LogP contribution >= 0.6 is 11.3 Å². The fourth-order valence-corrected chi connectivity index (χ4v) is 2.02. The molecule has 0 aliphatic rings. The van der Waals surface area contributed by atoms with E-state index >= 15 is 0 Å². The Morgan fingerprint density at radius 3 is 2.75 bits per heavy atom. The molecule has 3 N–H and O–H groups in total. The Morgan fingerprint density at radius 2 is 2.20 bits per heavy atom. The SMILES string of the molecule is COCC(CNC(=O)NCc1nc(C(=O)O)cs1)OC. The highest BCUT2D eigenvalue weighted by Gasteiger charge is 2.11. The number of amides is 2. The number of hydrogen-bond donors (Lipinski definition) is 3. The Balaban J connectivity index is 2.30. The van der Waals surface area contributed by atoms with Crippen molar-refractivity contribution in [1.82, 2.24) is 15.6 Å². The molecule has 9 heteroatoms. The summed E-state index contributed by atoms with van der Waals surface area (Å²) < 4.78 is 10.0. The number of aromatic nitrogens is 1. The Kier molecular flexibility index (Phi) is 6.91. The van der Waals surface area contributed by atoms with E-state index in [1.54, 1.807) is 7.11 Å². The van der Waals surface area contributed by atoms with Gasteiger partial charge in [-0.05, 0) is 0 Å². The number of carboxylic acid groups (broad SMARTS) is 1. The van der Waals surface area contributed by atoms with Crippen molar-refractivity contribution >= 4 is 23.3 Å². The molecule has 1 heterocycles. The van der Waals surface area contributed by atoms with Gasteiger partial charge in [-0.15, -0.1) is 11.3 Å². The van der Waals surface area contributed by atoms with E-state index in [2.05, 4.69) is 15.6 Å². The summed E-state index contributed by atoms with van der Waals surface area (Å²) in [6.45, 7) is 0.866. The molecule has 0 bridgehead atoms. The molecule has 0 radical (unpaired) electrons. The highest BCUT2D eigenvalue weighted by Crippen LogP contribution is 2.09. The predicted octanol–water partition coefficient (Wildman–Crippen LogP) is 0.302. The summed E-state index contributed by atoms with van der Waals surface area (Å²) in [5.74, 6) is -1.08. The third-order valence-corrected chi connectivity index (χ3v) is 3.20. The van der Waals surface area contributed by atoms with Crippen molar-refractivity contribution < 1.29 is 24.2 Å². The minimum Gasteiger partial charge on any atom is -0.476 e. The van der Waals surface area contributed by atoms with Crippen molar-refractivity contribution in [2.24, 2.45) is 0 Å². The molecule has 0 aliphatic heterocycles. The maximum Gasteiger partial charge on any atom is 0.355 e. The minimum atomic E-state index is -1.08. The molecule has 112 valence electrons. The number of methoxy groups -OCH3 is 2. The summed E-state index contributed by atoms with van der Waals surface area (Å²) in [6.07, 6.45) is -0.218. The molecule has 1 aromatic heterocycles. The van der Waals surface area contributed by atoms with E-state index < -0.39 is 5.97 Å². The molecule has 8 nitrogen and oxygen atoms in total. The van der Waals surface area contributed by atoms with Crippen LogP contribution in [-0.2, 0) is 16.0 Å². The summed E-state index contributed by atoms with van der Waals surface area (Å²) >= 11 is 1.18. The van der Waals surface area contributed by atoms with Crippen molar-refractivity contribution in [3.05, 3.63) is 16.1 Å². The zero-order valence-electron chi connectivity index (χ0n) is 11.2. The molecular weight excluding hydrogens is 286 g/mol. The largest absolute Gasteiger partial charge is 0.476 e. The normalized spacial score (nSPS) is 11.9. The molecule has 1 aromatic rings. The minimum absolute atomic E-state index is 0.0215. The predicted molar refractivity (Wildman–Crippen MR) is 72.0 cm³/mol. The van der Waals surface area contributed by atoms with Crippen LogP contribution in [0, 0.1) is 0 Å². The van der Waals surface area contributed by atoms with Gasteiger partial charge < -0.3 is 25.2 Å². The summed E-state index contributed by atoms with van der Waals surface area (Å²) in [6, 6.07) is -0.379. The van der Waals surface area contributed by atoms with Crippen molar-refractivity contribution in [3.8, 4) is 0 Å². The van der Waals surface area contributed by atoms with Gasteiger partial charge in [0.1, 0.15) is 5.01 Å². The third-order valence-electron chi connectivity index (χ3n) is 2.35. The smallest absolute Gasteiger partial charge is 0.355 e. The van der Waals surface area contributed by atoms with E-state index in [9.17, 15) is 9.59 Å². The zero-order chi connectivity index (χ0) is 15.0. The summed E-state index contributed by atoms with van der Waals surface area (Å²) in [5.41, 5.74) is -0.0215. The topological polar surface area (TPSA) is 110 Å². The van der Waals surface area contributed by atoms with Gasteiger partial charge in [0.25, 0.3) is 0 Å². The van der Waals surface area contributed by atoms with E-state index in [0.717, 1.165) is 0 Å². The van der Waals surface area contributed by atoms with Gasteiger partial charge in [0, 0.05) is 26.1 Å². The second-order valence-electron chi connectivity index (χ2n) is 3.81. The van der Waals surface area contributed by atoms with E-state index in [0.29, 0.717) is 18.2 Å². The van der Waals surface area contributed by atoms with Crippen LogP contribution in [-0.4, -0.2) is 55.6 Å². The first kappa shape index (κ1) is 16.3. The number of rotatable bonds is 8. The lowest BCUT2D eigenvalue weighted by atomic mass is 10.4. The van der Waals surface area contributed by atoms with Crippen LogP contribution in [0.1, 0.15) is 15.5 Å². The molecule has 2 amide bonds. The van der Waals surface area contributed by atoms with Gasteiger partial charge in [0.05, 0.1) is 19.3 Å². The summed E-state index contributed by atoms with van der Waals surface area (Å²) in [7, 11) is 3.08. The Bertz CT molecular complexity index is 451. The molecule has 0 spiro atoms. The number of aromatic carboxylic acids is 1. The van der Waals surface area contributed by atoms with E-state index in [-0.39, 0.29) is 24.4 Å².